The highest BCUT2D eigenvalue weighted by atomic mass is 35.5. The normalized spacial score (nSPS) is 7.67. The molecule has 0 radical (unpaired) electrons. The van der Waals surface area contributed by atoms with Crippen molar-refractivity contribution in [2.75, 3.05) is 40.0 Å². The summed E-state index contributed by atoms with van der Waals surface area (Å²) in [4.78, 5) is 21.4. The minimum absolute atomic E-state index is 0.0201. The van der Waals surface area contributed by atoms with Crippen LogP contribution < -0.4 is 5.32 Å². The molecule has 0 bridgehead atoms. The van der Waals surface area contributed by atoms with E-state index in [4.69, 9.17) is 23.2 Å². The fourth-order valence-corrected chi connectivity index (χ4v) is 0.359. The predicted molar refractivity (Wildman–Crippen MR) is 65.8 cm³/mol. The van der Waals surface area contributed by atoms with Gasteiger partial charge in [-0.15, -0.1) is 23.2 Å². The standard InChI is InChI=1S/C4H8ClNO.C3H5ClO.C2H7N/c1-6(2)4(7)3-5;1-3(5)2-4;1-3-2/h3H2,1-2H3;2H2,1H3;3H,1-2H3. The monoisotopic (exact) mass is 258 g/mol. The maximum Gasteiger partial charge on any atom is 0.236 e. The lowest BCUT2D eigenvalue weighted by atomic mass is 10.5. The number of carbonyl (C=O) groups excluding carboxylic acids is 2. The van der Waals surface area contributed by atoms with Crippen molar-refractivity contribution in [2.24, 2.45) is 0 Å². The Balaban J connectivity index is -0.000000158. The Bertz CT molecular complexity index is 164. The summed E-state index contributed by atoms with van der Waals surface area (Å²) < 4.78 is 0. The van der Waals surface area contributed by atoms with Crippen LogP contribution in [0.1, 0.15) is 6.92 Å². The summed E-state index contributed by atoms with van der Waals surface area (Å²) in [7, 11) is 7.09. The van der Waals surface area contributed by atoms with Crippen molar-refractivity contribution in [3.63, 3.8) is 0 Å². The van der Waals surface area contributed by atoms with Crippen LogP contribution in [0, 0.1) is 0 Å². The lowest BCUT2D eigenvalue weighted by molar-refractivity contribution is -0.126. The number of Topliss-reactive ketones (excluding diaryl/α,β-unsaturated/α-hetero) is 1. The van der Waals surface area contributed by atoms with E-state index in [-0.39, 0.29) is 23.5 Å². The van der Waals surface area contributed by atoms with Crippen LogP contribution in [0.2, 0.25) is 0 Å². The molecule has 0 saturated heterocycles. The molecule has 0 aliphatic carbocycles. The molecule has 0 rings (SSSR count). The van der Waals surface area contributed by atoms with Gasteiger partial charge in [0.25, 0.3) is 0 Å². The maximum absolute atomic E-state index is 10.3. The van der Waals surface area contributed by atoms with Crippen LogP contribution in [-0.4, -0.2) is 56.5 Å². The fraction of sp³-hybridized carbons (Fsp3) is 0.778. The first-order valence-corrected chi connectivity index (χ1v) is 5.34. The lowest BCUT2D eigenvalue weighted by Gasteiger charge is -2.04. The minimum atomic E-state index is -0.0540. The Morgan fingerprint density at radius 3 is 1.40 bits per heavy atom. The smallest absolute Gasteiger partial charge is 0.236 e. The average molecular weight is 259 g/mol. The lowest BCUT2D eigenvalue weighted by Crippen LogP contribution is -2.22. The second kappa shape index (κ2) is 16.1. The summed E-state index contributed by atoms with van der Waals surface area (Å²) in [6.07, 6.45) is 0. The number of halogens is 2. The highest BCUT2D eigenvalue weighted by Gasteiger charge is 1.97. The molecule has 1 amide bonds. The molecule has 0 aromatic rings. The van der Waals surface area contributed by atoms with Crippen molar-refractivity contribution in [1.29, 1.82) is 0 Å². The van der Waals surface area contributed by atoms with Crippen molar-refractivity contribution < 1.29 is 9.59 Å². The summed E-state index contributed by atoms with van der Waals surface area (Å²) in [6, 6.07) is 0. The van der Waals surface area contributed by atoms with Crippen LogP contribution in [0.3, 0.4) is 0 Å². The van der Waals surface area contributed by atoms with E-state index in [0.29, 0.717) is 0 Å². The number of hydrogen-bond acceptors (Lipinski definition) is 3. The highest BCUT2D eigenvalue weighted by molar-refractivity contribution is 6.27. The van der Waals surface area contributed by atoms with E-state index in [1.807, 2.05) is 14.1 Å². The highest BCUT2D eigenvalue weighted by Crippen LogP contribution is 1.80. The number of ketones is 1. The Kier molecular flexibility index (Phi) is 21.6. The van der Waals surface area contributed by atoms with Gasteiger partial charge in [0.2, 0.25) is 5.91 Å². The predicted octanol–water partition coefficient (Wildman–Crippen LogP) is 0.963. The molecular formula is C9H20Cl2N2O2. The summed E-state index contributed by atoms with van der Waals surface area (Å²) in [6.45, 7) is 1.45. The topological polar surface area (TPSA) is 49.4 Å². The molecule has 0 aromatic carbocycles. The second-order valence-electron chi connectivity index (χ2n) is 2.76. The van der Waals surface area contributed by atoms with Crippen molar-refractivity contribution in [3.8, 4) is 0 Å². The molecule has 0 aliphatic heterocycles. The van der Waals surface area contributed by atoms with Crippen LogP contribution in [0.15, 0.2) is 0 Å². The number of carbonyl (C=O) groups is 2. The molecule has 0 heterocycles. The fourth-order valence-electron chi connectivity index (χ4n) is 0.120. The molecule has 15 heavy (non-hydrogen) atoms. The maximum atomic E-state index is 10.3. The molecule has 92 valence electrons. The molecule has 0 spiro atoms. The van der Waals surface area contributed by atoms with Gasteiger partial charge in [-0.25, -0.2) is 0 Å². The number of nitrogens with zero attached hydrogens (tertiary/aromatic N) is 1. The van der Waals surface area contributed by atoms with Crippen molar-refractivity contribution in [3.05, 3.63) is 0 Å². The van der Waals surface area contributed by atoms with E-state index < -0.39 is 0 Å². The van der Waals surface area contributed by atoms with Gasteiger partial charge in [-0.2, -0.15) is 0 Å². The summed E-state index contributed by atoms with van der Waals surface area (Å²) >= 11 is 10.1. The van der Waals surface area contributed by atoms with Crippen molar-refractivity contribution in [1.82, 2.24) is 10.2 Å². The van der Waals surface area contributed by atoms with Crippen LogP contribution in [0.5, 0.6) is 0 Å². The first kappa shape index (κ1) is 20.1. The molecule has 4 nitrogen and oxygen atoms in total. The first-order chi connectivity index (χ1) is 6.87. The van der Waals surface area contributed by atoms with Gasteiger partial charge in [-0.05, 0) is 21.0 Å². The minimum Gasteiger partial charge on any atom is -0.348 e. The molecule has 1 N–H and O–H groups in total. The van der Waals surface area contributed by atoms with E-state index in [9.17, 15) is 9.59 Å². The Labute approximate surface area is 102 Å². The molecule has 0 atom stereocenters. The number of rotatable bonds is 2. The third kappa shape index (κ3) is 31.6. The van der Waals surface area contributed by atoms with Gasteiger partial charge in [0.1, 0.15) is 11.7 Å². The van der Waals surface area contributed by atoms with Gasteiger partial charge in [0.05, 0.1) is 5.88 Å². The quantitative estimate of drug-likeness (QED) is 0.751. The Morgan fingerprint density at radius 2 is 1.40 bits per heavy atom. The summed E-state index contributed by atoms with van der Waals surface area (Å²) in [5.74, 6) is 0.181. The van der Waals surface area contributed by atoms with E-state index in [2.05, 4.69) is 5.32 Å². The molecule has 0 aromatic heterocycles. The van der Waals surface area contributed by atoms with E-state index in [0.717, 1.165) is 0 Å². The van der Waals surface area contributed by atoms with E-state index >= 15 is 0 Å². The molecule has 0 unspecified atom stereocenters. The third-order valence-corrected chi connectivity index (χ3v) is 1.41. The average Bonchev–Trinajstić information content (AvgIpc) is 2.18. The number of nitrogens with one attached hydrogen (secondary N) is 1. The Hall–Kier alpha value is -0.320. The van der Waals surface area contributed by atoms with Crippen molar-refractivity contribution >= 4 is 34.9 Å². The molecule has 0 aliphatic rings. The SMILES string of the molecule is CC(=O)CCl.CN(C)C(=O)CCl.CNC. The first-order valence-electron chi connectivity index (χ1n) is 4.27. The van der Waals surface area contributed by atoms with Crippen LogP contribution in [-0.2, 0) is 9.59 Å². The van der Waals surface area contributed by atoms with Gasteiger partial charge in [-0.1, -0.05) is 0 Å². The van der Waals surface area contributed by atoms with Crippen LogP contribution in [0.4, 0.5) is 0 Å². The Morgan fingerprint density at radius 1 is 1.13 bits per heavy atom. The largest absolute Gasteiger partial charge is 0.348 e. The van der Waals surface area contributed by atoms with E-state index in [1.54, 1.807) is 14.1 Å². The van der Waals surface area contributed by atoms with Crippen LogP contribution >= 0.6 is 23.2 Å². The van der Waals surface area contributed by atoms with E-state index in [1.165, 1.54) is 11.8 Å². The zero-order chi connectivity index (χ0) is 12.9. The second-order valence-corrected chi connectivity index (χ2v) is 3.29. The summed E-state index contributed by atoms with van der Waals surface area (Å²) in [5, 5.41) is 2.75. The molecular weight excluding hydrogens is 239 g/mol. The molecule has 0 fully saturated rings. The number of amides is 1. The van der Waals surface area contributed by atoms with Gasteiger partial charge in [-0.3, -0.25) is 9.59 Å². The third-order valence-electron chi connectivity index (χ3n) is 0.801. The number of alkyl halides is 2. The van der Waals surface area contributed by atoms with Gasteiger partial charge in [0.15, 0.2) is 0 Å². The van der Waals surface area contributed by atoms with Gasteiger partial charge in [0, 0.05) is 14.1 Å². The zero-order valence-corrected chi connectivity index (χ0v) is 11.4. The van der Waals surface area contributed by atoms with Crippen molar-refractivity contribution in [2.45, 2.75) is 6.92 Å². The summed E-state index contributed by atoms with van der Waals surface area (Å²) in [5.41, 5.74) is 0. The molecule has 6 heteroatoms. The zero-order valence-electron chi connectivity index (χ0n) is 9.93. The molecule has 0 saturated carbocycles. The van der Waals surface area contributed by atoms with Gasteiger partial charge < -0.3 is 10.2 Å². The van der Waals surface area contributed by atoms with Crippen LogP contribution in [0.25, 0.3) is 0 Å². The number of hydrogen-bond donors (Lipinski definition) is 1. The van der Waals surface area contributed by atoms with Gasteiger partial charge >= 0.3 is 0 Å².